The minimum atomic E-state index is -1.02. The number of rotatable bonds is 5. The number of hydrogen-bond acceptors (Lipinski definition) is 5. The van der Waals surface area contributed by atoms with E-state index in [-0.39, 0.29) is 24.0 Å². The molecule has 1 atom stereocenters. The fourth-order valence-corrected chi connectivity index (χ4v) is 5.05. The minimum absolute atomic E-state index is 0.0684. The van der Waals surface area contributed by atoms with Gasteiger partial charge in [0.25, 0.3) is 5.91 Å². The Hall–Kier alpha value is -4.14. The Morgan fingerprint density at radius 1 is 1.06 bits per heavy atom. The van der Waals surface area contributed by atoms with Crippen molar-refractivity contribution in [1.82, 2.24) is 14.7 Å². The molecule has 180 valence electrons. The van der Waals surface area contributed by atoms with Crippen LogP contribution in [0.3, 0.4) is 0 Å². The maximum absolute atomic E-state index is 13.0. The number of ether oxygens (including phenoxy) is 1. The first-order valence-corrected chi connectivity index (χ1v) is 11.6. The Morgan fingerprint density at radius 2 is 1.71 bits per heavy atom. The summed E-state index contributed by atoms with van der Waals surface area (Å²) in [5.41, 5.74) is 4.71. The van der Waals surface area contributed by atoms with Crippen LogP contribution in [0.25, 0.3) is 11.1 Å². The molecule has 1 aliphatic heterocycles. The van der Waals surface area contributed by atoms with Gasteiger partial charge in [-0.1, -0.05) is 48.5 Å². The number of benzene rings is 2. The number of amides is 2. The number of anilines is 1. The molecule has 0 spiro atoms. The maximum Gasteiger partial charge on any atom is 0.412 e. The predicted octanol–water partition coefficient (Wildman–Crippen LogP) is 3.86. The number of carbonyl (C=O) groups excluding carboxylic acids is 2. The van der Waals surface area contributed by atoms with E-state index in [0.717, 1.165) is 35.1 Å². The van der Waals surface area contributed by atoms with Gasteiger partial charge < -0.3 is 14.7 Å². The molecule has 0 unspecified atom stereocenters. The van der Waals surface area contributed by atoms with Gasteiger partial charge in [0.05, 0.1) is 0 Å². The van der Waals surface area contributed by atoms with Crippen molar-refractivity contribution in [3.63, 3.8) is 0 Å². The average Bonchev–Trinajstić information content (AvgIpc) is 3.39. The third-order valence-electron chi connectivity index (χ3n) is 6.72. The lowest BCUT2D eigenvalue weighted by Gasteiger charge is -2.32. The number of nitrogens with zero attached hydrogens (tertiary/aromatic N) is 3. The van der Waals surface area contributed by atoms with E-state index in [1.165, 1.54) is 15.6 Å². The first-order chi connectivity index (χ1) is 16.9. The van der Waals surface area contributed by atoms with Crippen LogP contribution in [0.1, 0.15) is 46.8 Å². The Bertz CT molecular complexity index is 1250. The summed E-state index contributed by atoms with van der Waals surface area (Å²) in [6.07, 6.45) is 1.26. The lowest BCUT2D eigenvalue weighted by atomic mass is 9.98. The van der Waals surface area contributed by atoms with Gasteiger partial charge >= 0.3 is 12.1 Å². The first-order valence-electron chi connectivity index (χ1n) is 11.6. The lowest BCUT2D eigenvalue weighted by Crippen LogP contribution is -2.48. The standard InChI is InChI=1S/C26H26N4O5/c1-29-22(24(31)30-13-7-6-12-21(30)25(32)33)14-23(28-29)27-26(34)35-15-20-18-10-4-2-8-16(18)17-9-3-5-11-19(17)20/h2-5,8-11,14,20-21H,6-7,12-13,15H2,1H3,(H,32,33)(H,27,28,34)/t21-/m0/s1. The number of likely N-dealkylation sites (tertiary alicyclic amines) is 1. The molecule has 2 N–H and O–H groups in total. The van der Waals surface area contributed by atoms with Crippen LogP contribution >= 0.6 is 0 Å². The van der Waals surface area contributed by atoms with Gasteiger partial charge in [0, 0.05) is 25.6 Å². The van der Waals surface area contributed by atoms with Crippen molar-refractivity contribution in [2.75, 3.05) is 18.5 Å². The molecule has 5 rings (SSSR count). The number of fused-ring (bicyclic) bond motifs is 3. The summed E-state index contributed by atoms with van der Waals surface area (Å²) in [7, 11) is 1.58. The molecule has 2 amide bonds. The highest BCUT2D eigenvalue weighted by atomic mass is 16.5. The quantitative estimate of drug-likeness (QED) is 0.581. The summed E-state index contributed by atoms with van der Waals surface area (Å²) in [4.78, 5) is 38.5. The minimum Gasteiger partial charge on any atom is -0.480 e. The van der Waals surface area contributed by atoms with Crippen LogP contribution in [0.2, 0.25) is 0 Å². The molecule has 9 heteroatoms. The number of aryl methyl sites for hydroxylation is 1. The predicted molar refractivity (Wildman–Crippen MR) is 128 cm³/mol. The van der Waals surface area contributed by atoms with Gasteiger partial charge in [0.15, 0.2) is 5.82 Å². The Labute approximate surface area is 202 Å². The molecule has 1 fully saturated rings. The molecule has 0 radical (unpaired) electrons. The second kappa shape index (κ2) is 9.25. The third-order valence-corrected chi connectivity index (χ3v) is 6.72. The topological polar surface area (TPSA) is 114 Å². The van der Waals surface area contributed by atoms with Crippen LogP contribution in [0.4, 0.5) is 10.6 Å². The molecular formula is C26H26N4O5. The fourth-order valence-electron chi connectivity index (χ4n) is 5.05. The Kier molecular flexibility index (Phi) is 5.98. The molecule has 1 aromatic heterocycles. The van der Waals surface area contributed by atoms with Crippen LogP contribution < -0.4 is 5.32 Å². The molecule has 35 heavy (non-hydrogen) atoms. The van der Waals surface area contributed by atoms with Gasteiger partial charge in [-0.2, -0.15) is 5.10 Å². The number of hydrogen-bond donors (Lipinski definition) is 2. The molecule has 1 saturated heterocycles. The lowest BCUT2D eigenvalue weighted by molar-refractivity contribution is -0.143. The van der Waals surface area contributed by atoms with Gasteiger partial charge in [0.2, 0.25) is 0 Å². The SMILES string of the molecule is Cn1nc(NC(=O)OCC2c3ccccc3-c3ccccc32)cc1C(=O)N1CCCC[C@H]1C(=O)O. The van der Waals surface area contributed by atoms with Gasteiger partial charge in [0.1, 0.15) is 18.3 Å². The zero-order valence-electron chi connectivity index (χ0n) is 19.3. The fraction of sp³-hybridized carbons (Fsp3) is 0.308. The van der Waals surface area contributed by atoms with Crippen molar-refractivity contribution >= 4 is 23.8 Å². The maximum atomic E-state index is 13.0. The number of carbonyl (C=O) groups is 3. The van der Waals surface area contributed by atoms with Crippen LogP contribution in [0.15, 0.2) is 54.6 Å². The summed E-state index contributed by atoms with van der Waals surface area (Å²) in [5.74, 6) is -1.34. The van der Waals surface area contributed by atoms with E-state index >= 15 is 0 Å². The number of carboxylic acid groups (broad SMARTS) is 1. The zero-order chi connectivity index (χ0) is 24.5. The second-order valence-corrected chi connectivity index (χ2v) is 8.84. The molecule has 0 bridgehead atoms. The second-order valence-electron chi connectivity index (χ2n) is 8.84. The van der Waals surface area contributed by atoms with Gasteiger partial charge in [-0.15, -0.1) is 0 Å². The molecule has 3 aromatic rings. The average molecular weight is 475 g/mol. The summed E-state index contributed by atoms with van der Waals surface area (Å²) >= 11 is 0. The highest BCUT2D eigenvalue weighted by molar-refractivity contribution is 5.97. The first kappa shape index (κ1) is 22.6. The molecule has 0 saturated carbocycles. The van der Waals surface area contributed by atoms with Gasteiger partial charge in [-0.25, -0.2) is 9.59 Å². The third kappa shape index (κ3) is 4.25. The molecule has 1 aliphatic carbocycles. The zero-order valence-corrected chi connectivity index (χ0v) is 19.3. The van der Waals surface area contributed by atoms with E-state index in [9.17, 15) is 19.5 Å². The van der Waals surface area contributed by atoms with Crippen molar-refractivity contribution in [2.45, 2.75) is 31.2 Å². The number of aliphatic carboxylic acids is 1. The van der Waals surface area contributed by atoms with E-state index in [1.54, 1.807) is 7.05 Å². The van der Waals surface area contributed by atoms with Crippen molar-refractivity contribution in [2.24, 2.45) is 7.05 Å². The van der Waals surface area contributed by atoms with Gasteiger partial charge in [-0.05, 0) is 41.5 Å². The van der Waals surface area contributed by atoms with Crippen molar-refractivity contribution in [3.8, 4) is 11.1 Å². The molecule has 2 aliphatic rings. The molecule has 2 aromatic carbocycles. The number of carboxylic acids is 1. The smallest absolute Gasteiger partial charge is 0.412 e. The highest BCUT2D eigenvalue weighted by Gasteiger charge is 2.34. The van der Waals surface area contributed by atoms with Crippen molar-refractivity contribution in [1.29, 1.82) is 0 Å². The molecular weight excluding hydrogens is 448 g/mol. The summed E-state index contributed by atoms with van der Waals surface area (Å²) in [5, 5.41) is 16.3. The normalized spacial score (nSPS) is 16.9. The van der Waals surface area contributed by atoms with Crippen LogP contribution in [-0.4, -0.2) is 57.0 Å². The van der Waals surface area contributed by atoms with E-state index < -0.39 is 24.0 Å². The number of nitrogens with one attached hydrogen (secondary N) is 1. The molecule has 2 heterocycles. The molecule has 9 nitrogen and oxygen atoms in total. The van der Waals surface area contributed by atoms with Crippen molar-refractivity contribution in [3.05, 3.63) is 71.4 Å². The van der Waals surface area contributed by atoms with Crippen molar-refractivity contribution < 1.29 is 24.2 Å². The van der Waals surface area contributed by atoms with E-state index in [1.807, 2.05) is 36.4 Å². The van der Waals surface area contributed by atoms with E-state index in [2.05, 4.69) is 22.5 Å². The Balaban J connectivity index is 1.26. The van der Waals surface area contributed by atoms with Crippen LogP contribution in [-0.2, 0) is 16.6 Å². The Morgan fingerprint density at radius 3 is 2.37 bits per heavy atom. The number of piperidine rings is 1. The van der Waals surface area contributed by atoms with Crippen LogP contribution in [0.5, 0.6) is 0 Å². The summed E-state index contributed by atoms with van der Waals surface area (Å²) < 4.78 is 6.89. The number of aromatic nitrogens is 2. The van der Waals surface area contributed by atoms with Crippen LogP contribution in [0, 0.1) is 0 Å². The van der Waals surface area contributed by atoms with E-state index in [4.69, 9.17) is 4.74 Å². The summed E-state index contributed by atoms with van der Waals surface area (Å²) in [6.45, 7) is 0.530. The van der Waals surface area contributed by atoms with Gasteiger partial charge in [-0.3, -0.25) is 14.8 Å². The van der Waals surface area contributed by atoms with E-state index in [0.29, 0.717) is 13.0 Å². The monoisotopic (exact) mass is 474 g/mol. The highest BCUT2D eigenvalue weighted by Crippen LogP contribution is 2.44. The largest absolute Gasteiger partial charge is 0.480 e. The summed E-state index contributed by atoms with van der Waals surface area (Å²) in [6, 6.07) is 16.7.